The number of anilines is 2. The zero-order chi connectivity index (χ0) is 20.5. The van der Waals surface area contributed by atoms with Crippen LogP contribution in [0.4, 0.5) is 16.2 Å². The first kappa shape index (κ1) is 21.8. The molecular weight excluding hydrogens is 444 g/mol. The van der Waals surface area contributed by atoms with Gasteiger partial charge in [-0.1, -0.05) is 34.5 Å². The fourth-order valence-corrected chi connectivity index (χ4v) is 3.05. The van der Waals surface area contributed by atoms with Crippen LogP contribution in [0.5, 0.6) is 5.75 Å². The quantitative estimate of drug-likeness (QED) is 0.388. The van der Waals surface area contributed by atoms with Crippen molar-refractivity contribution in [1.82, 2.24) is 5.01 Å². The Kier molecular flexibility index (Phi) is 8.35. The summed E-state index contributed by atoms with van der Waals surface area (Å²) in [6, 6.07) is 11.9. The lowest BCUT2D eigenvalue weighted by atomic mass is 10.1. The van der Waals surface area contributed by atoms with E-state index in [0.29, 0.717) is 22.1 Å². The molecule has 0 atom stereocenters. The SMILES string of the molecule is CC/C=N\N(C)/C(=C/Br)c1cc(NC(=O)Nc2ccc(Cl)cc2)ccc1OC. The Morgan fingerprint density at radius 2 is 1.86 bits per heavy atom. The van der Waals surface area contributed by atoms with Crippen molar-refractivity contribution >= 4 is 56.8 Å². The maximum atomic E-state index is 12.3. The van der Waals surface area contributed by atoms with E-state index in [9.17, 15) is 4.79 Å². The van der Waals surface area contributed by atoms with E-state index >= 15 is 0 Å². The zero-order valence-corrected chi connectivity index (χ0v) is 18.2. The van der Waals surface area contributed by atoms with E-state index in [-0.39, 0.29) is 6.03 Å². The van der Waals surface area contributed by atoms with Crippen LogP contribution in [0.3, 0.4) is 0 Å². The number of ether oxygens (including phenoxy) is 1. The van der Waals surface area contributed by atoms with E-state index in [1.165, 1.54) is 0 Å². The summed E-state index contributed by atoms with van der Waals surface area (Å²) in [5.74, 6) is 0.660. The van der Waals surface area contributed by atoms with Crippen molar-refractivity contribution < 1.29 is 9.53 Å². The summed E-state index contributed by atoms with van der Waals surface area (Å²) in [6.45, 7) is 2.01. The van der Waals surface area contributed by atoms with Gasteiger partial charge in [0.15, 0.2) is 0 Å². The molecule has 2 rings (SSSR count). The Morgan fingerprint density at radius 3 is 2.46 bits per heavy atom. The molecule has 2 amide bonds. The first-order chi connectivity index (χ1) is 13.5. The number of hydrogen-bond acceptors (Lipinski definition) is 4. The Labute approximate surface area is 178 Å². The van der Waals surface area contributed by atoms with Gasteiger partial charge in [0.25, 0.3) is 0 Å². The highest BCUT2D eigenvalue weighted by molar-refractivity contribution is 9.11. The molecule has 148 valence electrons. The van der Waals surface area contributed by atoms with E-state index in [2.05, 4.69) is 31.7 Å². The van der Waals surface area contributed by atoms with Crippen molar-refractivity contribution in [2.45, 2.75) is 13.3 Å². The molecule has 0 spiro atoms. The van der Waals surface area contributed by atoms with Gasteiger partial charge in [-0.15, -0.1) is 0 Å². The third kappa shape index (κ3) is 6.00. The minimum Gasteiger partial charge on any atom is -0.496 e. The second kappa shape index (κ2) is 10.7. The lowest BCUT2D eigenvalue weighted by Gasteiger charge is -2.20. The number of amides is 2. The van der Waals surface area contributed by atoms with E-state index < -0.39 is 0 Å². The molecule has 2 N–H and O–H groups in total. The molecule has 0 heterocycles. The summed E-state index contributed by atoms with van der Waals surface area (Å²) in [4.78, 5) is 14.1. The van der Waals surface area contributed by atoms with E-state index in [4.69, 9.17) is 16.3 Å². The molecule has 8 heteroatoms. The van der Waals surface area contributed by atoms with Crippen LogP contribution >= 0.6 is 27.5 Å². The first-order valence-corrected chi connectivity index (χ1v) is 9.86. The maximum Gasteiger partial charge on any atom is 0.323 e. The molecule has 0 radical (unpaired) electrons. The number of hydrogen-bond donors (Lipinski definition) is 2. The van der Waals surface area contributed by atoms with Gasteiger partial charge in [-0.25, -0.2) is 4.79 Å². The summed E-state index contributed by atoms with van der Waals surface area (Å²) >= 11 is 9.25. The van der Waals surface area contributed by atoms with E-state index in [0.717, 1.165) is 17.7 Å². The summed E-state index contributed by atoms with van der Waals surface area (Å²) in [7, 11) is 3.44. The Balaban J connectivity index is 2.22. The molecule has 0 aliphatic heterocycles. The molecule has 28 heavy (non-hydrogen) atoms. The molecule has 0 aliphatic rings. The summed E-state index contributed by atoms with van der Waals surface area (Å²) in [5.41, 5.74) is 2.81. The molecule has 0 aliphatic carbocycles. The van der Waals surface area contributed by atoms with Crippen LogP contribution in [-0.4, -0.2) is 31.4 Å². The van der Waals surface area contributed by atoms with Gasteiger partial charge in [0.2, 0.25) is 0 Å². The van der Waals surface area contributed by atoms with Crippen LogP contribution in [0, 0.1) is 0 Å². The van der Waals surface area contributed by atoms with Gasteiger partial charge in [0.05, 0.1) is 12.8 Å². The Morgan fingerprint density at radius 1 is 1.21 bits per heavy atom. The van der Waals surface area contributed by atoms with Gasteiger partial charge in [0.1, 0.15) is 5.75 Å². The average Bonchev–Trinajstić information content (AvgIpc) is 2.69. The first-order valence-electron chi connectivity index (χ1n) is 8.57. The van der Waals surface area contributed by atoms with Crippen molar-refractivity contribution in [3.8, 4) is 5.75 Å². The lowest BCUT2D eigenvalue weighted by molar-refractivity contribution is 0.262. The summed E-state index contributed by atoms with van der Waals surface area (Å²) in [6.07, 6.45) is 2.63. The Hall–Kier alpha value is -2.51. The molecular formula is C20H22BrClN4O2. The lowest BCUT2D eigenvalue weighted by Crippen LogP contribution is -2.19. The number of halogens is 2. The average molecular weight is 466 g/mol. The molecule has 0 unspecified atom stereocenters. The van der Waals surface area contributed by atoms with Crippen molar-refractivity contribution in [3.63, 3.8) is 0 Å². The van der Waals surface area contributed by atoms with Crippen molar-refractivity contribution in [2.75, 3.05) is 24.8 Å². The van der Waals surface area contributed by atoms with Gasteiger partial charge < -0.3 is 15.4 Å². The fourth-order valence-electron chi connectivity index (χ4n) is 2.38. The highest BCUT2D eigenvalue weighted by Crippen LogP contribution is 2.31. The predicted molar refractivity (Wildman–Crippen MR) is 121 cm³/mol. The molecule has 0 aromatic heterocycles. The molecule has 0 saturated carbocycles. The van der Waals surface area contributed by atoms with Crippen LogP contribution in [0.25, 0.3) is 5.70 Å². The van der Waals surface area contributed by atoms with Gasteiger partial charge >= 0.3 is 6.03 Å². The molecule has 2 aromatic rings. The largest absolute Gasteiger partial charge is 0.496 e. The Bertz CT molecular complexity index is 869. The van der Waals surface area contributed by atoms with Gasteiger partial charge in [0, 0.05) is 40.2 Å². The second-order valence-electron chi connectivity index (χ2n) is 5.73. The summed E-state index contributed by atoms with van der Waals surface area (Å²) < 4.78 is 5.47. The molecule has 0 bridgehead atoms. The number of carbonyl (C=O) groups excluding carboxylic acids is 1. The zero-order valence-electron chi connectivity index (χ0n) is 15.9. The number of rotatable bonds is 7. The number of nitrogens with one attached hydrogen (secondary N) is 2. The minimum atomic E-state index is -0.361. The highest BCUT2D eigenvalue weighted by atomic mass is 79.9. The normalized spacial score (nSPS) is 11.4. The van der Waals surface area contributed by atoms with Crippen molar-refractivity contribution in [3.05, 3.63) is 58.0 Å². The van der Waals surface area contributed by atoms with Crippen molar-refractivity contribution in [1.29, 1.82) is 0 Å². The number of nitrogens with zero attached hydrogens (tertiary/aromatic N) is 2. The monoisotopic (exact) mass is 464 g/mol. The maximum absolute atomic E-state index is 12.3. The molecule has 0 fully saturated rings. The smallest absolute Gasteiger partial charge is 0.323 e. The van der Waals surface area contributed by atoms with Crippen LogP contribution in [0.15, 0.2) is 52.6 Å². The van der Waals surface area contributed by atoms with Crippen LogP contribution in [0.2, 0.25) is 5.02 Å². The van der Waals surface area contributed by atoms with Crippen LogP contribution < -0.4 is 15.4 Å². The number of benzene rings is 2. The van der Waals surface area contributed by atoms with Gasteiger partial charge in [-0.2, -0.15) is 5.10 Å². The number of carbonyl (C=O) groups is 1. The van der Waals surface area contributed by atoms with Crippen LogP contribution in [-0.2, 0) is 0 Å². The molecule has 6 nitrogen and oxygen atoms in total. The summed E-state index contributed by atoms with van der Waals surface area (Å²) in [5, 5.41) is 12.3. The number of urea groups is 1. The van der Waals surface area contributed by atoms with E-state index in [1.807, 2.05) is 26.3 Å². The van der Waals surface area contributed by atoms with Crippen LogP contribution in [0.1, 0.15) is 18.9 Å². The highest BCUT2D eigenvalue weighted by Gasteiger charge is 2.14. The predicted octanol–water partition coefficient (Wildman–Crippen LogP) is 6.01. The van der Waals surface area contributed by atoms with Gasteiger partial charge in [-0.3, -0.25) is 5.01 Å². The fraction of sp³-hybridized carbons (Fsp3) is 0.200. The van der Waals surface area contributed by atoms with Crippen molar-refractivity contribution in [2.24, 2.45) is 5.10 Å². The third-order valence-electron chi connectivity index (χ3n) is 3.72. The standard InChI is InChI=1S/C20H22BrClN4O2/c1-4-11-23-26(2)18(13-21)17-12-16(9-10-19(17)28-3)25-20(27)24-15-7-5-14(22)6-8-15/h5-13H,4H2,1-3H3,(H2,24,25,27)/b18-13+,23-11-. The van der Waals surface area contributed by atoms with E-state index in [1.54, 1.807) is 53.5 Å². The topological polar surface area (TPSA) is 66.0 Å². The second-order valence-corrected chi connectivity index (χ2v) is 6.62. The molecule has 2 aromatic carbocycles. The third-order valence-corrected chi connectivity index (χ3v) is 4.41. The number of hydrazone groups is 1. The minimum absolute atomic E-state index is 0.361. The molecule has 0 saturated heterocycles. The van der Waals surface area contributed by atoms with Gasteiger partial charge in [-0.05, 0) is 48.9 Å². The number of methoxy groups -OCH3 is 1.